The Labute approximate surface area is 185 Å². The van der Waals surface area contributed by atoms with Crippen LogP contribution in [0.5, 0.6) is 5.75 Å². The van der Waals surface area contributed by atoms with Crippen molar-refractivity contribution >= 4 is 62.7 Å². The Kier molecular flexibility index (Phi) is 6.76. The van der Waals surface area contributed by atoms with Gasteiger partial charge in [0.05, 0.1) is 39.6 Å². The SMILES string of the molecule is COC(=O)c1c(NC(=O)c2ccc(Cl)s2)sc(C(=O)Nc2ccccc2OC)c1C. The molecule has 2 heterocycles. The Morgan fingerprint density at radius 2 is 1.70 bits per heavy atom. The summed E-state index contributed by atoms with van der Waals surface area (Å²) in [6.45, 7) is 1.62. The van der Waals surface area contributed by atoms with Crippen molar-refractivity contribution in [3.63, 3.8) is 0 Å². The third kappa shape index (κ3) is 4.48. The van der Waals surface area contributed by atoms with E-state index in [1.807, 2.05) is 0 Å². The van der Waals surface area contributed by atoms with Crippen LogP contribution in [0.1, 0.15) is 35.3 Å². The minimum atomic E-state index is -0.653. The van der Waals surface area contributed by atoms with Crippen molar-refractivity contribution in [2.24, 2.45) is 0 Å². The zero-order valence-electron chi connectivity index (χ0n) is 16.2. The van der Waals surface area contributed by atoms with Crippen molar-refractivity contribution in [1.29, 1.82) is 0 Å². The van der Waals surface area contributed by atoms with Crippen LogP contribution in [0.2, 0.25) is 4.34 Å². The van der Waals surface area contributed by atoms with E-state index in [0.29, 0.717) is 26.2 Å². The van der Waals surface area contributed by atoms with Crippen LogP contribution in [0.4, 0.5) is 10.7 Å². The molecular weight excluding hydrogens is 448 g/mol. The lowest BCUT2D eigenvalue weighted by molar-refractivity contribution is 0.0601. The van der Waals surface area contributed by atoms with E-state index in [-0.39, 0.29) is 15.4 Å². The van der Waals surface area contributed by atoms with Gasteiger partial charge >= 0.3 is 5.97 Å². The van der Waals surface area contributed by atoms with Gasteiger partial charge in [-0.25, -0.2) is 4.79 Å². The van der Waals surface area contributed by atoms with Crippen LogP contribution in [-0.2, 0) is 4.74 Å². The maximum absolute atomic E-state index is 12.9. The van der Waals surface area contributed by atoms with E-state index in [2.05, 4.69) is 10.6 Å². The first kappa shape index (κ1) is 21.8. The summed E-state index contributed by atoms with van der Waals surface area (Å²) in [7, 11) is 2.74. The van der Waals surface area contributed by atoms with E-state index in [1.165, 1.54) is 14.2 Å². The van der Waals surface area contributed by atoms with Crippen molar-refractivity contribution in [2.75, 3.05) is 24.9 Å². The average molecular weight is 465 g/mol. The number of esters is 1. The molecule has 0 bridgehead atoms. The van der Waals surface area contributed by atoms with Gasteiger partial charge in [0.1, 0.15) is 10.8 Å². The second-order valence-corrected chi connectivity index (χ2v) is 8.70. The van der Waals surface area contributed by atoms with Crippen LogP contribution in [0.25, 0.3) is 0 Å². The molecule has 0 atom stereocenters. The average Bonchev–Trinajstić information content (AvgIpc) is 3.31. The zero-order chi connectivity index (χ0) is 21.8. The minimum absolute atomic E-state index is 0.128. The van der Waals surface area contributed by atoms with Crippen LogP contribution >= 0.6 is 34.3 Å². The summed E-state index contributed by atoms with van der Waals surface area (Å²) in [6.07, 6.45) is 0. The van der Waals surface area contributed by atoms with Gasteiger partial charge < -0.3 is 20.1 Å². The molecule has 2 aromatic heterocycles. The molecule has 0 radical (unpaired) electrons. The molecule has 10 heteroatoms. The van der Waals surface area contributed by atoms with Gasteiger partial charge in [0.2, 0.25) is 0 Å². The number of rotatable bonds is 6. The number of hydrogen-bond donors (Lipinski definition) is 2. The first-order valence-corrected chi connectivity index (χ1v) is 10.6. The van der Waals surface area contributed by atoms with E-state index in [0.717, 1.165) is 22.7 Å². The van der Waals surface area contributed by atoms with Gasteiger partial charge in [-0.2, -0.15) is 0 Å². The molecule has 0 unspecified atom stereocenters. The molecule has 3 rings (SSSR count). The lowest BCUT2D eigenvalue weighted by Gasteiger charge is -2.09. The van der Waals surface area contributed by atoms with Gasteiger partial charge in [0.25, 0.3) is 11.8 Å². The minimum Gasteiger partial charge on any atom is -0.495 e. The molecule has 0 saturated heterocycles. The number of thiophene rings is 2. The van der Waals surface area contributed by atoms with Crippen LogP contribution in [0, 0.1) is 6.92 Å². The first-order chi connectivity index (χ1) is 14.3. The Hall–Kier alpha value is -2.88. The topological polar surface area (TPSA) is 93.7 Å². The number of ether oxygens (including phenoxy) is 2. The first-order valence-electron chi connectivity index (χ1n) is 8.58. The molecule has 2 amide bonds. The summed E-state index contributed by atoms with van der Waals surface area (Å²) in [4.78, 5) is 38.4. The number of nitrogens with one attached hydrogen (secondary N) is 2. The summed E-state index contributed by atoms with van der Waals surface area (Å²) >= 11 is 7.98. The predicted octanol–water partition coefficient (Wildman–Crippen LogP) is 5.07. The standard InChI is InChI=1S/C20H17ClN2O5S2/c1-10-15(20(26)28-3)19(23-17(24)13-8-9-14(21)29-13)30-16(10)18(25)22-11-6-4-5-7-12(11)27-2/h4-9H,1-3H3,(H,22,25)(H,23,24). The highest BCUT2D eigenvalue weighted by Gasteiger charge is 2.27. The third-order valence-corrected chi connectivity index (χ3v) is 6.56. The number of methoxy groups -OCH3 is 2. The maximum Gasteiger partial charge on any atom is 0.341 e. The molecule has 1 aromatic carbocycles. The lowest BCUT2D eigenvalue weighted by Crippen LogP contribution is -2.14. The summed E-state index contributed by atoms with van der Waals surface area (Å²) in [5.74, 6) is -1.03. The predicted molar refractivity (Wildman–Crippen MR) is 119 cm³/mol. The Morgan fingerprint density at radius 3 is 2.33 bits per heavy atom. The number of para-hydroxylation sites is 2. The fourth-order valence-electron chi connectivity index (χ4n) is 2.69. The number of anilines is 2. The van der Waals surface area contributed by atoms with Crippen molar-refractivity contribution in [3.05, 3.63) is 61.6 Å². The smallest absolute Gasteiger partial charge is 0.341 e. The molecular formula is C20H17ClN2O5S2. The summed E-state index contributed by atoms with van der Waals surface area (Å²) in [6, 6.07) is 10.1. The fourth-order valence-corrected chi connectivity index (χ4v) is 4.72. The van der Waals surface area contributed by atoms with Gasteiger partial charge in [-0.3, -0.25) is 9.59 Å². The van der Waals surface area contributed by atoms with E-state index < -0.39 is 17.8 Å². The van der Waals surface area contributed by atoms with E-state index in [9.17, 15) is 14.4 Å². The molecule has 0 saturated carbocycles. The van der Waals surface area contributed by atoms with Crippen LogP contribution in [0.15, 0.2) is 36.4 Å². The molecule has 30 heavy (non-hydrogen) atoms. The molecule has 0 aliphatic rings. The summed E-state index contributed by atoms with van der Waals surface area (Å²) in [5, 5.41) is 5.68. The van der Waals surface area contributed by atoms with Crippen molar-refractivity contribution in [1.82, 2.24) is 0 Å². The Morgan fingerprint density at radius 1 is 0.967 bits per heavy atom. The van der Waals surface area contributed by atoms with Gasteiger partial charge in [0, 0.05) is 0 Å². The zero-order valence-corrected chi connectivity index (χ0v) is 18.6. The fraction of sp³-hybridized carbons (Fsp3) is 0.150. The highest BCUT2D eigenvalue weighted by molar-refractivity contribution is 7.19. The van der Waals surface area contributed by atoms with Gasteiger partial charge in [-0.15, -0.1) is 22.7 Å². The van der Waals surface area contributed by atoms with Gasteiger partial charge in [0.15, 0.2) is 0 Å². The van der Waals surface area contributed by atoms with Gasteiger partial charge in [-0.1, -0.05) is 23.7 Å². The Bertz CT molecular complexity index is 1120. The molecule has 0 aliphatic heterocycles. The third-order valence-electron chi connectivity index (χ3n) is 4.12. The number of amides is 2. The molecule has 156 valence electrons. The van der Waals surface area contributed by atoms with E-state index >= 15 is 0 Å². The second-order valence-electron chi connectivity index (χ2n) is 5.96. The van der Waals surface area contributed by atoms with Crippen molar-refractivity contribution in [2.45, 2.75) is 6.92 Å². The summed E-state index contributed by atoms with van der Waals surface area (Å²) < 4.78 is 10.6. The number of halogens is 1. The normalized spacial score (nSPS) is 10.4. The number of benzene rings is 1. The van der Waals surface area contributed by atoms with E-state index in [1.54, 1.807) is 43.3 Å². The van der Waals surface area contributed by atoms with Crippen LogP contribution in [0.3, 0.4) is 0 Å². The van der Waals surface area contributed by atoms with Crippen molar-refractivity contribution < 1.29 is 23.9 Å². The quantitative estimate of drug-likeness (QED) is 0.496. The second kappa shape index (κ2) is 9.29. The number of carbonyl (C=O) groups excluding carboxylic acids is 3. The number of hydrogen-bond acceptors (Lipinski definition) is 7. The molecule has 0 fully saturated rings. The molecule has 0 spiro atoms. The monoisotopic (exact) mass is 464 g/mol. The highest BCUT2D eigenvalue weighted by Crippen LogP contribution is 2.35. The largest absolute Gasteiger partial charge is 0.495 e. The maximum atomic E-state index is 12.9. The van der Waals surface area contributed by atoms with Crippen molar-refractivity contribution in [3.8, 4) is 5.75 Å². The lowest BCUT2D eigenvalue weighted by atomic mass is 10.1. The van der Waals surface area contributed by atoms with Crippen LogP contribution in [-0.4, -0.2) is 32.0 Å². The molecule has 3 aromatic rings. The molecule has 7 nitrogen and oxygen atoms in total. The molecule has 2 N–H and O–H groups in total. The highest BCUT2D eigenvalue weighted by atomic mass is 35.5. The Balaban J connectivity index is 1.94. The van der Waals surface area contributed by atoms with Gasteiger partial charge in [-0.05, 0) is 36.8 Å². The van der Waals surface area contributed by atoms with Crippen LogP contribution < -0.4 is 15.4 Å². The van der Waals surface area contributed by atoms with E-state index in [4.69, 9.17) is 21.1 Å². The molecule has 0 aliphatic carbocycles. The summed E-state index contributed by atoms with van der Waals surface area (Å²) in [5.41, 5.74) is 1.01. The number of carbonyl (C=O) groups is 3.